The van der Waals surface area contributed by atoms with E-state index in [2.05, 4.69) is 16.5 Å². The highest BCUT2D eigenvalue weighted by molar-refractivity contribution is 6.32. The molecule has 0 radical (unpaired) electrons. The second-order valence-electron chi connectivity index (χ2n) is 7.50. The van der Waals surface area contributed by atoms with Gasteiger partial charge in [-0.15, -0.1) is 0 Å². The minimum atomic E-state index is -1.04. The molecule has 0 saturated carbocycles. The molecule has 7 nitrogen and oxygen atoms in total. The van der Waals surface area contributed by atoms with Crippen molar-refractivity contribution in [1.29, 1.82) is 5.26 Å². The number of carbonyl (C=O) groups excluding carboxylic acids is 2. The molecule has 0 saturated heterocycles. The van der Waals surface area contributed by atoms with Gasteiger partial charge in [0.25, 0.3) is 5.91 Å². The smallest absolute Gasteiger partial charge is 0.331 e. The summed E-state index contributed by atoms with van der Waals surface area (Å²) in [5.41, 5.74) is 1.01. The summed E-state index contributed by atoms with van der Waals surface area (Å²) in [6.07, 6.45) is 2.66. The third-order valence-electron chi connectivity index (χ3n) is 4.90. The normalized spacial score (nSPS) is 13.1. The Morgan fingerprint density at radius 3 is 2.65 bits per heavy atom. The summed E-state index contributed by atoms with van der Waals surface area (Å²) in [5.74, 6) is -1.38. The Morgan fingerprint density at radius 1 is 1.35 bits per heavy atom. The molecule has 164 valence electrons. The van der Waals surface area contributed by atoms with Crippen molar-refractivity contribution >= 4 is 41.2 Å². The van der Waals surface area contributed by atoms with Crippen molar-refractivity contribution in [3.63, 3.8) is 0 Å². The van der Waals surface area contributed by atoms with Gasteiger partial charge in [-0.25, -0.2) is 9.48 Å². The topological polar surface area (TPSA) is 97.0 Å². The van der Waals surface area contributed by atoms with Crippen molar-refractivity contribution in [2.45, 2.75) is 39.8 Å². The van der Waals surface area contributed by atoms with Crippen molar-refractivity contribution in [3.8, 4) is 6.07 Å². The van der Waals surface area contributed by atoms with Crippen LogP contribution in [0.5, 0.6) is 0 Å². The number of hydrogen-bond acceptors (Lipinski definition) is 5. The number of carbonyl (C=O) groups is 2. The van der Waals surface area contributed by atoms with Gasteiger partial charge in [-0.3, -0.25) is 4.79 Å². The predicted octanol–water partition coefficient (Wildman–Crippen LogP) is 4.16. The summed E-state index contributed by atoms with van der Waals surface area (Å²) >= 11 is 12.6. The van der Waals surface area contributed by atoms with E-state index >= 15 is 0 Å². The molecule has 31 heavy (non-hydrogen) atoms. The molecule has 0 spiro atoms. The zero-order chi connectivity index (χ0) is 23.2. The van der Waals surface area contributed by atoms with Gasteiger partial charge in [0.15, 0.2) is 6.61 Å². The second-order valence-corrected chi connectivity index (χ2v) is 8.26. The number of halogens is 2. The fourth-order valence-corrected chi connectivity index (χ4v) is 3.11. The molecule has 0 aliphatic heterocycles. The Bertz CT molecular complexity index is 1040. The molecule has 1 aromatic heterocycles. The predicted molar refractivity (Wildman–Crippen MR) is 120 cm³/mol. The molecule has 1 unspecified atom stereocenters. The molecule has 1 heterocycles. The van der Waals surface area contributed by atoms with Crippen LogP contribution in [-0.4, -0.2) is 33.8 Å². The number of nitrogens with zero attached hydrogens (tertiary/aromatic N) is 3. The quantitative estimate of drug-likeness (QED) is 0.469. The molecule has 1 N–H and O–H groups in total. The zero-order valence-electron chi connectivity index (χ0n) is 17.8. The molecule has 0 fully saturated rings. The first-order chi connectivity index (χ1) is 14.6. The first kappa shape index (κ1) is 24.4. The van der Waals surface area contributed by atoms with Crippen LogP contribution in [0, 0.1) is 24.2 Å². The first-order valence-corrected chi connectivity index (χ1v) is 10.4. The number of aryl methyl sites for hydroxylation is 1. The summed E-state index contributed by atoms with van der Waals surface area (Å²) in [6.45, 7) is 6.90. The summed E-state index contributed by atoms with van der Waals surface area (Å²) in [5, 5.41) is 17.2. The third-order valence-corrected chi connectivity index (χ3v) is 5.67. The Hall–Kier alpha value is -2.82. The second kappa shape index (κ2) is 10.5. The summed E-state index contributed by atoms with van der Waals surface area (Å²) < 4.78 is 6.55. The van der Waals surface area contributed by atoms with Crippen LogP contribution in [0.25, 0.3) is 6.08 Å². The van der Waals surface area contributed by atoms with Crippen molar-refractivity contribution in [1.82, 2.24) is 15.1 Å². The fraction of sp³-hybridized carbons (Fsp3) is 0.364. The molecule has 1 atom stereocenters. The summed E-state index contributed by atoms with van der Waals surface area (Å²) in [4.78, 5) is 24.0. The number of benzene rings is 1. The zero-order valence-corrected chi connectivity index (χ0v) is 19.3. The maximum absolute atomic E-state index is 12.0. The molecule has 9 heteroatoms. The number of ether oxygens (including phenoxy) is 1. The fourth-order valence-electron chi connectivity index (χ4n) is 2.61. The van der Waals surface area contributed by atoms with E-state index in [1.54, 1.807) is 24.6 Å². The maximum Gasteiger partial charge on any atom is 0.331 e. The van der Waals surface area contributed by atoms with Gasteiger partial charge in [0.05, 0.1) is 18.3 Å². The number of amides is 1. The number of esters is 1. The number of aromatic nitrogens is 2. The monoisotopic (exact) mass is 462 g/mol. The van der Waals surface area contributed by atoms with E-state index in [1.165, 1.54) is 12.2 Å². The van der Waals surface area contributed by atoms with Gasteiger partial charge >= 0.3 is 5.97 Å². The Morgan fingerprint density at radius 2 is 2.03 bits per heavy atom. The lowest BCUT2D eigenvalue weighted by atomic mass is 9.90. The Kier molecular flexibility index (Phi) is 8.26. The maximum atomic E-state index is 12.0. The molecular weight excluding hydrogens is 439 g/mol. The Balaban J connectivity index is 2.00. The van der Waals surface area contributed by atoms with Gasteiger partial charge in [-0.05, 0) is 37.5 Å². The van der Waals surface area contributed by atoms with Gasteiger partial charge in [0.1, 0.15) is 10.7 Å². The number of nitriles is 1. The van der Waals surface area contributed by atoms with Crippen LogP contribution in [-0.2, 0) is 20.9 Å². The lowest BCUT2D eigenvalue weighted by Gasteiger charge is -2.27. The van der Waals surface area contributed by atoms with Crippen molar-refractivity contribution in [2.24, 2.45) is 5.92 Å². The van der Waals surface area contributed by atoms with Crippen LogP contribution < -0.4 is 5.32 Å². The van der Waals surface area contributed by atoms with Crippen molar-refractivity contribution in [3.05, 3.63) is 57.3 Å². The molecule has 2 aromatic rings. The van der Waals surface area contributed by atoms with Crippen LogP contribution in [0.2, 0.25) is 10.2 Å². The van der Waals surface area contributed by atoms with Gasteiger partial charge < -0.3 is 10.1 Å². The highest BCUT2D eigenvalue weighted by Gasteiger charge is 2.30. The van der Waals surface area contributed by atoms with E-state index in [0.29, 0.717) is 28.0 Å². The number of hydrogen-bond donors (Lipinski definition) is 1. The van der Waals surface area contributed by atoms with Crippen LogP contribution >= 0.6 is 23.2 Å². The van der Waals surface area contributed by atoms with E-state index in [9.17, 15) is 14.9 Å². The molecule has 1 amide bonds. The van der Waals surface area contributed by atoms with Crippen LogP contribution in [0.1, 0.15) is 37.6 Å². The van der Waals surface area contributed by atoms with Gasteiger partial charge in [-0.2, -0.15) is 10.4 Å². The molecular formula is C22H24Cl2N4O3. The van der Waals surface area contributed by atoms with Crippen LogP contribution in [0.15, 0.2) is 30.3 Å². The molecule has 1 aromatic carbocycles. The van der Waals surface area contributed by atoms with Crippen molar-refractivity contribution in [2.75, 3.05) is 6.61 Å². The van der Waals surface area contributed by atoms with E-state index in [0.717, 1.165) is 5.56 Å². The minimum Gasteiger partial charge on any atom is -0.452 e. The van der Waals surface area contributed by atoms with Crippen molar-refractivity contribution < 1.29 is 14.3 Å². The van der Waals surface area contributed by atoms with Gasteiger partial charge in [0.2, 0.25) is 0 Å². The highest BCUT2D eigenvalue weighted by atomic mass is 35.5. The van der Waals surface area contributed by atoms with Crippen LogP contribution in [0.3, 0.4) is 0 Å². The summed E-state index contributed by atoms with van der Waals surface area (Å²) in [7, 11) is 0. The average molecular weight is 463 g/mol. The van der Waals surface area contributed by atoms with E-state index < -0.39 is 24.0 Å². The molecule has 2 rings (SSSR count). The van der Waals surface area contributed by atoms with E-state index in [-0.39, 0.29) is 5.92 Å². The lowest BCUT2D eigenvalue weighted by molar-refractivity contribution is -0.144. The van der Waals surface area contributed by atoms with E-state index in [1.807, 2.05) is 32.0 Å². The summed E-state index contributed by atoms with van der Waals surface area (Å²) in [6, 6.07) is 9.44. The SMILES string of the molecule is Cc1nn(Cc2ccccc2Cl)c(Cl)c1C=CC(=O)OCC(=O)NC(C)(C#N)C(C)C. The number of rotatable bonds is 8. The molecule has 0 bridgehead atoms. The minimum absolute atomic E-state index is 0.107. The highest BCUT2D eigenvalue weighted by Crippen LogP contribution is 2.24. The third kappa shape index (κ3) is 6.33. The Labute approximate surface area is 191 Å². The number of nitrogens with one attached hydrogen (secondary N) is 1. The first-order valence-electron chi connectivity index (χ1n) is 9.60. The van der Waals surface area contributed by atoms with Crippen LogP contribution in [0.4, 0.5) is 0 Å². The largest absolute Gasteiger partial charge is 0.452 e. The standard InChI is InChI=1S/C22H24Cl2N4O3/c1-14(2)22(4,13-25)26-19(29)12-31-20(30)10-9-17-15(3)27-28(21(17)24)11-16-7-5-6-8-18(16)23/h5-10,14H,11-12H2,1-4H3,(H,26,29). The lowest BCUT2D eigenvalue weighted by Crippen LogP contribution is -2.50. The molecule has 0 aliphatic rings. The average Bonchev–Trinajstić information content (AvgIpc) is 2.99. The molecule has 0 aliphatic carbocycles. The van der Waals surface area contributed by atoms with Gasteiger partial charge in [0, 0.05) is 16.7 Å². The van der Waals surface area contributed by atoms with Gasteiger partial charge in [-0.1, -0.05) is 55.2 Å². The van der Waals surface area contributed by atoms with E-state index in [4.69, 9.17) is 27.9 Å².